The SMILES string of the molecule is COc1cc(O[C@@H]2O[C@H](CO)[C@@H](O)[C@H](O)[C@H]2O)c2c(-c3ccc(O)c(O)c3)cc(=O)oc2c1. The molecular weight excluding hydrogens is 440 g/mol. The Kier molecular flexibility index (Phi) is 6.15. The Labute approximate surface area is 186 Å². The average molecular weight is 462 g/mol. The molecule has 1 saturated heterocycles. The normalized spacial score (nSPS) is 25.2. The van der Waals surface area contributed by atoms with Gasteiger partial charge in [-0.25, -0.2) is 4.79 Å². The van der Waals surface area contributed by atoms with Crippen molar-refractivity contribution in [3.05, 3.63) is 46.8 Å². The van der Waals surface area contributed by atoms with Gasteiger partial charge >= 0.3 is 5.63 Å². The van der Waals surface area contributed by atoms with Crippen LogP contribution in [0.4, 0.5) is 0 Å². The molecule has 6 N–H and O–H groups in total. The summed E-state index contributed by atoms with van der Waals surface area (Å²) >= 11 is 0. The molecule has 1 aliphatic heterocycles. The van der Waals surface area contributed by atoms with Crippen LogP contribution in [0.3, 0.4) is 0 Å². The number of aliphatic hydroxyl groups is 4. The van der Waals surface area contributed by atoms with Gasteiger partial charge in [-0.15, -0.1) is 0 Å². The van der Waals surface area contributed by atoms with Gasteiger partial charge in [0, 0.05) is 23.8 Å². The van der Waals surface area contributed by atoms with Gasteiger partial charge in [0.25, 0.3) is 0 Å². The molecule has 0 radical (unpaired) electrons. The second kappa shape index (κ2) is 8.89. The first kappa shape index (κ1) is 22.8. The molecule has 0 unspecified atom stereocenters. The molecule has 33 heavy (non-hydrogen) atoms. The van der Waals surface area contributed by atoms with Gasteiger partial charge in [-0.05, 0) is 17.7 Å². The van der Waals surface area contributed by atoms with E-state index in [0.717, 1.165) is 6.07 Å². The van der Waals surface area contributed by atoms with Gasteiger partial charge in [0.1, 0.15) is 41.5 Å². The van der Waals surface area contributed by atoms with Crippen LogP contribution in [0.5, 0.6) is 23.0 Å². The highest BCUT2D eigenvalue weighted by molar-refractivity contribution is 5.98. The van der Waals surface area contributed by atoms with Crippen LogP contribution in [-0.4, -0.2) is 75.1 Å². The number of phenolic OH excluding ortho intramolecular Hbond substituents is 2. The first-order valence-electron chi connectivity index (χ1n) is 9.89. The Morgan fingerprint density at radius 3 is 2.39 bits per heavy atom. The van der Waals surface area contributed by atoms with E-state index in [0.29, 0.717) is 5.56 Å². The van der Waals surface area contributed by atoms with Crippen LogP contribution in [0.2, 0.25) is 0 Å². The van der Waals surface area contributed by atoms with Crippen LogP contribution >= 0.6 is 0 Å². The third-order valence-electron chi connectivity index (χ3n) is 5.40. The fourth-order valence-electron chi connectivity index (χ4n) is 3.66. The van der Waals surface area contributed by atoms with Crippen LogP contribution in [0.1, 0.15) is 0 Å². The molecule has 0 aliphatic carbocycles. The summed E-state index contributed by atoms with van der Waals surface area (Å²) in [6, 6.07) is 7.96. The fourth-order valence-corrected chi connectivity index (χ4v) is 3.66. The molecular formula is C22H22O11. The summed E-state index contributed by atoms with van der Waals surface area (Å²) in [5.74, 6) is -0.528. The molecule has 2 heterocycles. The van der Waals surface area contributed by atoms with Crippen molar-refractivity contribution in [1.29, 1.82) is 0 Å². The second-order valence-corrected chi connectivity index (χ2v) is 7.50. The van der Waals surface area contributed by atoms with Crippen molar-refractivity contribution >= 4 is 11.0 Å². The first-order valence-corrected chi connectivity index (χ1v) is 9.89. The van der Waals surface area contributed by atoms with Gasteiger partial charge in [-0.2, -0.15) is 0 Å². The van der Waals surface area contributed by atoms with Crippen LogP contribution in [0.15, 0.2) is 45.6 Å². The zero-order valence-electron chi connectivity index (χ0n) is 17.3. The van der Waals surface area contributed by atoms with Crippen molar-refractivity contribution in [1.82, 2.24) is 0 Å². The van der Waals surface area contributed by atoms with Gasteiger partial charge < -0.3 is 49.3 Å². The standard InChI is InChI=1S/C22H22O11/c1-30-10-5-14-18(11(7-17(26)31-14)9-2-3-12(24)13(25)4-9)15(6-10)32-22-21(29)20(28)19(27)16(8-23)33-22/h2-7,16,19-25,27-29H,8H2,1H3/t16-,19-,20+,21-,22-/m1/s1. The summed E-state index contributed by atoms with van der Waals surface area (Å²) in [5, 5.41) is 59.7. The molecule has 0 amide bonds. The van der Waals surface area contributed by atoms with E-state index in [1.165, 1.54) is 37.4 Å². The highest BCUT2D eigenvalue weighted by atomic mass is 16.7. The molecule has 11 nitrogen and oxygen atoms in total. The minimum absolute atomic E-state index is 0.0139. The lowest BCUT2D eigenvalue weighted by atomic mass is 9.99. The highest BCUT2D eigenvalue weighted by Gasteiger charge is 2.45. The lowest BCUT2D eigenvalue weighted by Crippen LogP contribution is -2.60. The molecule has 3 aromatic rings. The smallest absolute Gasteiger partial charge is 0.336 e. The number of benzene rings is 2. The fraction of sp³-hybridized carbons (Fsp3) is 0.318. The molecule has 4 rings (SSSR count). The predicted octanol–water partition coefficient (Wildman–Crippen LogP) is 0.0585. The van der Waals surface area contributed by atoms with E-state index >= 15 is 0 Å². The molecule has 0 bridgehead atoms. The number of rotatable bonds is 5. The molecule has 0 spiro atoms. The minimum atomic E-state index is -1.68. The van der Waals surface area contributed by atoms with Crippen molar-refractivity contribution in [3.63, 3.8) is 0 Å². The van der Waals surface area contributed by atoms with Crippen molar-refractivity contribution in [2.45, 2.75) is 30.7 Å². The maximum Gasteiger partial charge on any atom is 0.336 e. The van der Waals surface area contributed by atoms with Crippen molar-refractivity contribution in [2.24, 2.45) is 0 Å². The Balaban J connectivity index is 1.88. The summed E-state index contributed by atoms with van der Waals surface area (Å²) in [4.78, 5) is 12.2. The lowest BCUT2D eigenvalue weighted by molar-refractivity contribution is -0.277. The number of methoxy groups -OCH3 is 1. The second-order valence-electron chi connectivity index (χ2n) is 7.50. The van der Waals surface area contributed by atoms with E-state index in [9.17, 15) is 35.4 Å². The van der Waals surface area contributed by atoms with E-state index in [2.05, 4.69) is 0 Å². The van der Waals surface area contributed by atoms with Crippen LogP contribution in [-0.2, 0) is 4.74 Å². The van der Waals surface area contributed by atoms with Gasteiger partial charge in [0.15, 0.2) is 11.5 Å². The first-order chi connectivity index (χ1) is 15.7. The average Bonchev–Trinajstić information content (AvgIpc) is 2.80. The molecule has 176 valence electrons. The summed E-state index contributed by atoms with van der Waals surface area (Å²) in [5.41, 5.74) is -0.0630. The van der Waals surface area contributed by atoms with Gasteiger partial charge in [0.05, 0.1) is 19.1 Å². The van der Waals surface area contributed by atoms with E-state index in [1.54, 1.807) is 0 Å². The molecule has 1 fully saturated rings. The molecule has 1 aromatic heterocycles. The number of ether oxygens (including phenoxy) is 3. The third kappa shape index (κ3) is 4.19. The van der Waals surface area contributed by atoms with Crippen LogP contribution < -0.4 is 15.1 Å². The van der Waals surface area contributed by atoms with E-state index in [1.807, 2.05) is 0 Å². The van der Waals surface area contributed by atoms with E-state index in [4.69, 9.17) is 18.6 Å². The number of fused-ring (bicyclic) bond motifs is 1. The Morgan fingerprint density at radius 2 is 1.73 bits per heavy atom. The predicted molar refractivity (Wildman–Crippen MR) is 112 cm³/mol. The summed E-state index contributed by atoms with van der Waals surface area (Å²) in [7, 11) is 1.37. The number of phenols is 2. The van der Waals surface area contributed by atoms with Gasteiger partial charge in [0.2, 0.25) is 6.29 Å². The van der Waals surface area contributed by atoms with Crippen molar-refractivity contribution in [2.75, 3.05) is 13.7 Å². The van der Waals surface area contributed by atoms with E-state index < -0.39 is 48.7 Å². The summed E-state index contributed by atoms with van der Waals surface area (Å²) in [6.45, 7) is -0.642. The van der Waals surface area contributed by atoms with Gasteiger partial charge in [-0.1, -0.05) is 6.07 Å². The zero-order chi connectivity index (χ0) is 23.9. The monoisotopic (exact) mass is 462 g/mol. The van der Waals surface area contributed by atoms with Crippen LogP contribution in [0, 0.1) is 0 Å². The number of hydrogen-bond donors (Lipinski definition) is 6. The topological polar surface area (TPSA) is 179 Å². The Morgan fingerprint density at radius 1 is 0.970 bits per heavy atom. The van der Waals surface area contributed by atoms with Crippen LogP contribution in [0.25, 0.3) is 22.1 Å². The third-order valence-corrected chi connectivity index (χ3v) is 5.40. The quantitative estimate of drug-likeness (QED) is 0.223. The minimum Gasteiger partial charge on any atom is -0.504 e. The maximum atomic E-state index is 12.2. The largest absolute Gasteiger partial charge is 0.504 e. The molecule has 5 atom stereocenters. The lowest BCUT2D eigenvalue weighted by Gasteiger charge is -2.39. The highest BCUT2D eigenvalue weighted by Crippen LogP contribution is 2.40. The Bertz CT molecular complexity index is 1220. The summed E-state index contributed by atoms with van der Waals surface area (Å²) < 4.78 is 21.8. The number of hydrogen-bond acceptors (Lipinski definition) is 11. The molecule has 0 saturated carbocycles. The number of aromatic hydroxyl groups is 2. The molecule has 2 aromatic carbocycles. The van der Waals surface area contributed by atoms with Crippen molar-refractivity contribution in [3.8, 4) is 34.1 Å². The zero-order valence-corrected chi connectivity index (χ0v) is 17.3. The number of aliphatic hydroxyl groups excluding tert-OH is 4. The van der Waals surface area contributed by atoms with Gasteiger partial charge in [-0.3, -0.25) is 0 Å². The Hall–Kier alpha value is -3.35. The summed E-state index contributed by atoms with van der Waals surface area (Å²) in [6.07, 6.45) is -7.62. The molecule has 11 heteroatoms. The maximum absolute atomic E-state index is 12.2. The van der Waals surface area contributed by atoms with E-state index in [-0.39, 0.29) is 33.8 Å². The van der Waals surface area contributed by atoms with Crippen molar-refractivity contribution < 1.29 is 49.3 Å². The molecule has 1 aliphatic rings.